The number of ether oxygens (including phenoxy) is 1. The molecule has 150 valence electrons. The first-order valence-electron chi connectivity index (χ1n) is 9.44. The van der Waals surface area contributed by atoms with Crippen molar-refractivity contribution in [2.45, 2.75) is 12.8 Å². The number of benzene rings is 1. The van der Waals surface area contributed by atoms with Gasteiger partial charge in [0.05, 0.1) is 18.4 Å². The van der Waals surface area contributed by atoms with Gasteiger partial charge in [0.25, 0.3) is 0 Å². The lowest BCUT2D eigenvalue weighted by Gasteiger charge is -2.33. The normalized spacial score (nSPS) is 14.0. The zero-order chi connectivity index (χ0) is 20.6. The number of nitriles is 1. The first-order chi connectivity index (χ1) is 14.1. The lowest BCUT2D eigenvalue weighted by Crippen LogP contribution is -2.42. The Morgan fingerprint density at radius 1 is 1.21 bits per heavy atom. The third-order valence-corrected chi connectivity index (χ3v) is 4.93. The van der Waals surface area contributed by atoms with Crippen molar-refractivity contribution in [3.8, 4) is 11.8 Å². The van der Waals surface area contributed by atoms with Crippen molar-refractivity contribution in [3.63, 3.8) is 0 Å². The maximum atomic E-state index is 12.1. The van der Waals surface area contributed by atoms with Crippen molar-refractivity contribution in [2.75, 3.05) is 37.0 Å². The number of carbonyl (C=O) groups excluding carboxylic acids is 2. The summed E-state index contributed by atoms with van der Waals surface area (Å²) in [7, 11) is 1.50. The van der Waals surface area contributed by atoms with Gasteiger partial charge in [0.15, 0.2) is 0 Å². The Morgan fingerprint density at radius 3 is 2.69 bits per heavy atom. The van der Waals surface area contributed by atoms with Crippen molar-refractivity contribution >= 4 is 23.3 Å². The van der Waals surface area contributed by atoms with Crippen LogP contribution in [-0.4, -0.2) is 43.5 Å². The van der Waals surface area contributed by atoms with E-state index in [1.807, 2.05) is 0 Å². The molecular formula is C21H23N5O3. The molecule has 2 amide bonds. The predicted molar refractivity (Wildman–Crippen MR) is 109 cm³/mol. The first-order valence-corrected chi connectivity index (χ1v) is 9.44. The van der Waals surface area contributed by atoms with Gasteiger partial charge in [-0.2, -0.15) is 5.26 Å². The summed E-state index contributed by atoms with van der Waals surface area (Å²) < 4.78 is 5.17. The molecule has 3 rings (SSSR count). The summed E-state index contributed by atoms with van der Waals surface area (Å²) in [6.45, 7) is 1.93. The first kappa shape index (κ1) is 20.1. The lowest BCUT2D eigenvalue weighted by atomic mass is 9.96. The van der Waals surface area contributed by atoms with E-state index in [-0.39, 0.29) is 5.92 Å². The van der Waals surface area contributed by atoms with E-state index in [2.05, 4.69) is 26.6 Å². The summed E-state index contributed by atoms with van der Waals surface area (Å²) in [6, 6.07) is 12.6. The van der Waals surface area contributed by atoms with Gasteiger partial charge in [-0.1, -0.05) is 12.1 Å². The Morgan fingerprint density at radius 2 is 1.97 bits per heavy atom. The second-order valence-electron chi connectivity index (χ2n) is 6.78. The molecule has 0 saturated carbocycles. The van der Waals surface area contributed by atoms with Crippen molar-refractivity contribution < 1.29 is 14.3 Å². The highest BCUT2D eigenvalue weighted by atomic mass is 16.5. The zero-order valence-electron chi connectivity index (χ0n) is 16.2. The van der Waals surface area contributed by atoms with Gasteiger partial charge in [-0.05, 0) is 43.0 Å². The Labute approximate surface area is 169 Å². The molecule has 2 aromatic rings. The number of carbonyl (C=O) groups is 2. The quantitative estimate of drug-likeness (QED) is 0.752. The van der Waals surface area contributed by atoms with Crippen LogP contribution in [0.25, 0.3) is 0 Å². The summed E-state index contributed by atoms with van der Waals surface area (Å²) >= 11 is 0. The topological polar surface area (TPSA) is 107 Å². The molecule has 1 fully saturated rings. The molecule has 0 spiro atoms. The fraction of sp³-hybridized carbons (Fsp3) is 0.333. The minimum absolute atomic E-state index is 0.267. The van der Waals surface area contributed by atoms with Crippen molar-refractivity contribution in [1.82, 2.24) is 10.3 Å². The molecule has 2 N–H and O–H groups in total. The molecule has 0 atom stereocenters. The van der Waals surface area contributed by atoms with Gasteiger partial charge in [-0.25, -0.2) is 4.98 Å². The van der Waals surface area contributed by atoms with E-state index < -0.39 is 11.8 Å². The van der Waals surface area contributed by atoms with Crippen LogP contribution >= 0.6 is 0 Å². The van der Waals surface area contributed by atoms with E-state index in [4.69, 9.17) is 4.74 Å². The number of pyridine rings is 1. The van der Waals surface area contributed by atoms with Crippen molar-refractivity contribution in [2.24, 2.45) is 5.92 Å². The number of hydrogen-bond donors (Lipinski definition) is 2. The number of aromatic nitrogens is 1. The fourth-order valence-corrected chi connectivity index (χ4v) is 3.33. The smallest absolute Gasteiger partial charge is 0.313 e. The van der Waals surface area contributed by atoms with E-state index in [0.717, 1.165) is 25.9 Å². The van der Waals surface area contributed by atoms with Gasteiger partial charge in [-0.3, -0.25) is 9.59 Å². The Balaban J connectivity index is 1.47. The monoisotopic (exact) mass is 393 g/mol. The van der Waals surface area contributed by atoms with Crippen molar-refractivity contribution in [3.05, 3.63) is 48.2 Å². The Bertz CT molecular complexity index is 917. The molecule has 1 saturated heterocycles. The minimum Gasteiger partial charge on any atom is -0.495 e. The third-order valence-electron chi connectivity index (χ3n) is 4.93. The number of nitrogens with one attached hydrogen (secondary N) is 2. The number of para-hydroxylation sites is 2. The van der Waals surface area contributed by atoms with Crippen LogP contribution in [0.15, 0.2) is 42.6 Å². The second kappa shape index (κ2) is 9.55. The van der Waals surface area contributed by atoms with E-state index >= 15 is 0 Å². The summed E-state index contributed by atoms with van der Waals surface area (Å²) in [5.41, 5.74) is 1.01. The summed E-state index contributed by atoms with van der Waals surface area (Å²) in [4.78, 5) is 30.7. The van der Waals surface area contributed by atoms with Gasteiger partial charge in [0.2, 0.25) is 0 Å². The molecule has 1 aliphatic heterocycles. The number of hydrogen-bond acceptors (Lipinski definition) is 6. The molecule has 2 heterocycles. The highest BCUT2D eigenvalue weighted by molar-refractivity contribution is 6.39. The predicted octanol–water partition coefficient (Wildman–Crippen LogP) is 1.93. The van der Waals surface area contributed by atoms with Crippen LogP contribution < -0.4 is 20.3 Å². The van der Waals surface area contributed by atoms with Crippen molar-refractivity contribution in [1.29, 1.82) is 5.26 Å². The van der Waals surface area contributed by atoms with Crippen LogP contribution in [0.3, 0.4) is 0 Å². The van der Waals surface area contributed by atoms with Crippen LogP contribution in [0.2, 0.25) is 0 Å². The molecule has 8 heteroatoms. The standard InChI is InChI=1S/C21H23N5O3/c1-29-18-7-3-2-6-17(18)25-21(28)20(27)24-14-15-8-11-26(12-9-15)19-16(13-22)5-4-10-23-19/h2-7,10,15H,8-9,11-12,14H2,1H3,(H,24,27)(H,25,28). The Kier molecular flexibility index (Phi) is 6.63. The number of nitrogens with zero attached hydrogens (tertiary/aromatic N) is 3. The number of anilines is 2. The molecule has 0 bridgehead atoms. The molecule has 1 aliphatic rings. The van der Waals surface area contributed by atoms with E-state index in [9.17, 15) is 14.9 Å². The third kappa shape index (κ3) is 5.02. The molecule has 1 aromatic carbocycles. The fourth-order valence-electron chi connectivity index (χ4n) is 3.33. The molecule has 8 nitrogen and oxygen atoms in total. The molecule has 0 aliphatic carbocycles. The molecule has 0 unspecified atom stereocenters. The summed E-state index contributed by atoms with van der Waals surface area (Å²) in [5.74, 6) is 0.0679. The van der Waals surface area contributed by atoms with Crippen LogP contribution in [0.5, 0.6) is 5.75 Å². The number of piperidine rings is 1. The SMILES string of the molecule is COc1ccccc1NC(=O)C(=O)NCC1CCN(c2ncccc2C#N)CC1. The van der Waals surface area contributed by atoms with Crippen LogP contribution in [0, 0.1) is 17.2 Å². The Hall–Kier alpha value is -3.60. The van der Waals surface area contributed by atoms with E-state index in [0.29, 0.717) is 29.4 Å². The molecule has 0 radical (unpaired) electrons. The number of methoxy groups -OCH3 is 1. The van der Waals surface area contributed by atoms with E-state index in [1.165, 1.54) is 7.11 Å². The average Bonchev–Trinajstić information content (AvgIpc) is 2.78. The molecular weight excluding hydrogens is 370 g/mol. The van der Waals surface area contributed by atoms with Gasteiger partial charge in [-0.15, -0.1) is 0 Å². The summed E-state index contributed by atoms with van der Waals surface area (Å²) in [6.07, 6.45) is 3.37. The molecule has 29 heavy (non-hydrogen) atoms. The van der Waals surface area contributed by atoms with Gasteiger partial charge in [0, 0.05) is 25.8 Å². The summed E-state index contributed by atoms with van der Waals surface area (Å²) in [5, 5.41) is 14.5. The molecule has 1 aromatic heterocycles. The van der Waals surface area contributed by atoms with Crippen LogP contribution in [0.1, 0.15) is 18.4 Å². The van der Waals surface area contributed by atoms with Gasteiger partial charge in [0.1, 0.15) is 17.6 Å². The number of amides is 2. The second-order valence-corrected chi connectivity index (χ2v) is 6.78. The largest absolute Gasteiger partial charge is 0.495 e. The van der Waals surface area contributed by atoms with Gasteiger partial charge >= 0.3 is 11.8 Å². The number of rotatable bonds is 5. The van der Waals surface area contributed by atoms with Crippen LogP contribution in [-0.2, 0) is 9.59 Å². The zero-order valence-corrected chi connectivity index (χ0v) is 16.2. The average molecular weight is 393 g/mol. The van der Waals surface area contributed by atoms with Crippen LogP contribution in [0.4, 0.5) is 11.5 Å². The highest BCUT2D eigenvalue weighted by Gasteiger charge is 2.23. The minimum atomic E-state index is -0.723. The lowest BCUT2D eigenvalue weighted by molar-refractivity contribution is -0.136. The van der Waals surface area contributed by atoms with Gasteiger partial charge < -0.3 is 20.3 Å². The van der Waals surface area contributed by atoms with E-state index in [1.54, 1.807) is 42.6 Å². The highest BCUT2D eigenvalue weighted by Crippen LogP contribution is 2.24. The maximum absolute atomic E-state index is 12.1. The maximum Gasteiger partial charge on any atom is 0.313 e.